The maximum Gasteiger partial charge on any atom is 0.243 e. The molecule has 6 nitrogen and oxygen atoms in total. The lowest BCUT2D eigenvalue weighted by molar-refractivity contribution is -0.122. The SMILES string of the molecule is CCN(CC)c1ccc(CNC(=O)[C@H](C)N(c2cc(C)ccc2C)S(C)(=O)=O)cc1. The monoisotopic (exact) mass is 431 g/mol. The van der Waals surface area contributed by atoms with E-state index in [1.165, 1.54) is 4.31 Å². The van der Waals surface area contributed by atoms with Gasteiger partial charge in [0.2, 0.25) is 15.9 Å². The average molecular weight is 432 g/mol. The quantitative estimate of drug-likeness (QED) is 0.658. The molecule has 0 bridgehead atoms. The number of carbonyl (C=O) groups excluding carboxylic acids is 1. The number of carbonyl (C=O) groups is 1. The van der Waals surface area contributed by atoms with Gasteiger partial charge in [-0.05, 0) is 69.5 Å². The second-order valence-corrected chi connectivity index (χ2v) is 9.44. The first kappa shape index (κ1) is 23.7. The third kappa shape index (κ3) is 5.75. The molecule has 7 heteroatoms. The summed E-state index contributed by atoms with van der Waals surface area (Å²) in [5.41, 5.74) is 4.37. The van der Waals surface area contributed by atoms with Gasteiger partial charge in [0.1, 0.15) is 6.04 Å². The molecule has 0 saturated carbocycles. The molecule has 164 valence electrons. The maximum absolute atomic E-state index is 12.8. The van der Waals surface area contributed by atoms with Crippen LogP contribution >= 0.6 is 0 Å². The van der Waals surface area contributed by atoms with Crippen molar-refractivity contribution in [3.8, 4) is 0 Å². The minimum atomic E-state index is -3.64. The minimum absolute atomic E-state index is 0.339. The van der Waals surface area contributed by atoms with E-state index in [0.29, 0.717) is 12.2 Å². The Morgan fingerprint density at radius 3 is 2.17 bits per heavy atom. The Kier molecular flexibility index (Phi) is 7.89. The molecular formula is C23H33N3O3S. The number of hydrogen-bond donors (Lipinski definition) is 1. The van der Waals surface area contributed by atoms with Crippen LogP contribution in [0.25, 0.3) is 0 Å². The molecule has 0 radical (unpaired) electrons. The van der Waals surface area contributed by atoms with Gasteiger partial charge in [-0.3, -0.25) is 9.10 Å². The normalized spacial score (nSPS) is 12.3. The number of nitrogens with zero attached hydrogens (tertiary/aromatic N) is 2. The zero-order chi connectivity index (χ0) is 22.5. The molecule has 30 heavy (non-hydrogen) atoms. The summed E-state index contributed by atoms with van der Waals surface area (Å²) in [4.78, 5) is 15.1. The smallest absolute Gasteiger partial charge is 0.243 e. The van der Waals surface area contributed by atoms with Gasteiger partial charge >= 0.3 is 0 Å². The molecule has 2 aromatic rings. The summed E-state index contributed by atoms with van der Waals surface area (Å²) < 4.78 is 26.2. The van der Waals surface area contributed by atoms with Crippen molar-refractivity contribution in [1.29, 1.82) is 0 Å². The Labute approximate surface area is 180 Å². The topological polar surface area (TPSA) is 69.7 Å². The van der Waals surface area contributed by atoms with E-state index in [2.05, 4.69) is 24.1 Å². The zero-order valence-corrected chi connectivity index (χ0v) is 19.6. The predicted octanol–water partition coefficient (Wildman–Crippen LogP) is 3.62. The number of anilines is 2. The first-order chi connectivity index (χ1) is 14.1. The number of amides is 1. The molecule has 0 unspecified atom stereocenters. The molecule has 0 aliphatic rings. The summed E-state index contributed by atoms with van der Waals surface area (Å²) in [6, 6.07) is 12.8. The largest absolute Gasteiger partial charge is 0.372 e. The van der Waals surface area contributed by atoms with Crippen LogP contribution in [0, 0.1) is 13.8 Å². The predicted molar refractivity (Wildman–Crippen MR) is 125 cm³/mol. The summed E-state index contributed by atoms with van der Waals surface area (Å²) in [6.07, 6.45) is 1.13. The van der Waals surface area contributed by atoms with Crippen LogP contribution in [0.5, 0.6) is 0 Å². The number of sulfonamides is 1. The lowest BCUT2D eigenvalue weighted by Crippen LogP contribution is -2.48. The molecule has 1 amide bonds. The van der Waals surface area contributed by atoms with Crippen molar-refractivity contribution >= 4 is 27.3 Å². The Morgan fingerprint density at radius 2 is 1.63 bits per heavy atom. The molecule has 0 spiro atoms. The van der Waals surface area contributed by atoms with Gasteiger partial charge in [-0.25, -0.2) is 8.42 Å². The summed E-state index contributed by atoms with van der Waals surface area (Å²) in [7, 11) is -3.64. The van der Waals surface area contributed by atoms with Gasteiger partial charge in [0.15, 0.2) is 0 Å². The van der Waals surface area contributed by atoms with Gasteiger partial charge in [0, 0.05) is 25.3 Å². The van der Waals surface area contributed by atoms with Gasteiger partial charge in [-0.15, -0.1) is 0 Å². The van der Waals surface area contributed by atoms with Gasteiger partial charge in [-0.2, -0.15) is 0 Å². The summed E-state index contributed by atoms with van der Waals surface area (Å²) in [6.45, 7) is 11.8. The van der Waals surface area contributed by atoms with Crippen LogP contribution in [0.15, 0.2) is 42.5 Å². The minimum Gasteiger partial charge on any atom is -0.372 e. The van der Waals surface area contributed by atoms with Crippen molar-refractivity contribution in [1.82, 2.24) is 5.32 Å². The standard InChI is InChI=1S/C23H33N3O3S/c1-7-25(8-2)21-13-11-20(12-14-21)16-24-23(27)19(5)26(30(6,28)29)22-15-17(3)9-10-18(22)4/h9-15,19H,7-8,16H2,1-6H3,(H,24,27)/t19-/m0/s1. The Hall–Kier alpha value is -2.54. The fraction of sp³-hybridized carbons (Fsp3) is 0.435. The van der Waals surface area contributed by atoms with E-state index in [1.54, 1.807) is 13.0 Å². The van der Waals surface area contributed by atoms with Crippen LogP contribution in [0.1, 0.15) is 37.5 Å². The third-order valence-electron chi connectivity index (χ3n) is 5.22. The van der Waals surface area contributed by atoms with Gasteiger partial charge < -0.3 is 10.2 Å². The van der Waals surface area contributed by atoms with Crippen LogP contribution in [0.2, 0.25) is 0 Å². The molecule has 0 aliphatic heterocycles. The van der Waals surface area contributed by atoms with Crippen molar-refractivity contribution in [3.05, 3.63) is 59.2 Å². The van der Waals surface area contributed by atoms with Crippen LogP contribution < -0.4 is 14.5 Å². The van der Waals surface area contributed by atoms with E-state index in [4.69, 9.17) is 0 Å². The second kappa shape index (κ2) is 9.98. The molecule has 1 N–H and O–H groups in total. The molecule has 2 aromatic carbocycles. The van der Waals surface area contributed by atoms with Crippen LogP contribution in [0.3, 0.4) is 0 Å². The van der Waals surface area contributed by atoms with E-state index in [-0.39, 0.29) is 5.91 Å². The Bertz CT molecular complexity index is 968. The first-order valence-corrected chi connectivity index (χ1v) is 12.1. The zero-order valence-electron chi connectivity index (χ0n) is 18.8. The van der Waals surface area contributed by atoms with E-state index in [0.717, 1.165) is 41.7 Å². The van der Waals surface area contributed by atoms with Crippen LogP contribution in [-0.4, -0.2) is 39.7 Å². The molecule has 2 rings (SSSR count). The summed E-state index contributed by atoms with van der Waals surface area (Å²) in [5, 5.41) is 2.87. The fourth-order valence-corrected chi connectivity index (χ4v) is 4.71. The van der Waals surface area contributed by atoms with Crippen LogP contribution in [-0.2, 0) is 21.4 Å². The van der Waals surface area contributed by atoms with E-state index in [9.17, 15) is 13.2 Å². The van der Waals surface area contributed by atoms with Crippen molar-refractivity contribution in [3.63, 3.8) is 0 Å². The van der Waals surface area contributed by atoms with Crippen molar-refractivity contribution in [2.75, 3.05) is 28.6 Å². The van der Waals surface area contributed by atoms with E-state index in [1.807, 2.05) is 50.2 Å². The Balaban J connectivity index is 2.15. The van der Waals surface area contributed by atoms with Crippen LogP contribution in [0.4, 0.5) is 11.4 Å². The summed E-state index contributed by atoms with van der Waals surface area (Å²) >= 11 is 0. The molecule has 0 aromatic heterocycles. The fourth-order valence-electron chi connectivity index (χ4n) is 3.49. The number of rotatable bonds is 9. The lowest BCUT2D eigenvalue weighted by Gasteiger charge is -2.29. The number of benzene rings is 2. The van der Waals surface area contributed by atoms with Gasteiger partial charge in [-0.1, -0.05) is 24.3 Å². The summed E-state index contributed by atoms with van der Waals surface area (Å²) in [5.74, 6) is -0.339. The first-order valence-electron chi connectivity index (χ1n) is 10.3. The highest BCUT2D eigenvalue weighted by atomic mass is 32.2. The molecule has 0 heterocycles. The maximum atomic E-state index is 12.8. The lowest BCUT2D eigenvalue weighted by atomic mass is 10.1. The molecule has 0 fully saturated rings. The van der Waals surface area contributed by atoms with Crippen molar-refractivity contribution in [2.45, 2.75) is 47.2 Å². The van der Waals surface area contributed by atoms with Gasteiger partial charge in [0.05, 0.1) is 11.9 Å². The van der Waals surface area contributed by atoms with Gasteiger partial charge in [0.25, 0.3) is 0 Å². The van der Waals surface area contributed by atoms with Crippen molar-refractivity contribution < 1.29 is 13.2 Å². The molecule has 0 aliphatic carbocycles. The second-order valence-electron chi connectivity index (χ2n) is 7.58. The number of hydrogen-bond acceptors (Lipinski definition) is 4. The highest BCUT2D eigenvalue weighted by molar-refractivity contribution is 7.92. The molecular weight excluding hydrogens is 398 g/mol. The van der Waals surface area contributed by atoms with Crippen molar-refractivity contribution in [2.24, 2.45) is 0 Å². The molecule has 1 atom stereocenters. The number of aryl methyl sites for hydroxylation is 2. The number of nitrogens with one attached hydrogen (secondary N) is 1. The Morgan fingerprint density at radius 1 is 1.03 bits per heavy atom. The van der Waals surface area contributed by atoms with E-state index >= 15 is 0 Å². The molecule has 0 saturated heterocycles. The highest BCUT2D eigenvalue weighted by Crippen LogP contribution is 2.26. The highest BCUT2D eigenvalue weighted by Gasteiger charge is 2.30. The third-order valence-corrected chi connectivity index (χ3v) is 6.45. The average Bonchev–Trinajstić information content (AvgIpc) is 2.69. The van der Waals surface area contributed by atoms with E-state index < -0.39 is 16.1 Å².